The van der Waals surface area contributed by atoms with Gasteiger partial charge in [0, 0.05) is 31.9 Å². The first kappa shape index (κ1) is 15.3. The van der Waals surface area contributed by atoms with E-state index in [4.69, 9.17) is 5.73 Å². The number of hydrogen-bond acceptors (Lipinski definition) is 2. The molecule has 1 rings (SSSR count). The average molecular weight is 266 g/mol. The lowest BCUT2D eigenvalue weighted by atomic mass is 10.3. The van der Waals surface area contributed by atoms with E-state index < -0.39 is 0 Å². The molecule has 0 amide bonds. The van der Waals surface area contributed by atoms with Gasteiger partial charge in [-0.3, -0.25) is 4.99 Å². The molecule has 0 saturated carbocycles. The lowest BCUT2D eigenvalue weighted by molar-refractivity contribution is 0.458. The first-order valence-corrected chi connectivity index (χ1v) is 6.71. The molecule has 0 aliphatic heterocycles. The molecule has 0 aromatic heterocycles. The van der Waals surface area contributed by atoms with Crippen molar-refractivity contribution in [2.75, 3.05) is 31.5 Å². The molecule has 1 aromatic carbocycles. The summed E-state index contributed by atoms with van der Waals surface area (Å²) in [6.07, 6.45) is 0.860. The Bertz CT molecular complexity index is 402. The lowest BCUT2D eigenvalue weighted by Crippen LogP contribution is -2.37. The number of aliphatic imine (C=N–C) groups is 1. The number of nitrogens with one attached hydrogen (secondary N) is 1. The molecule has 4 nitrogen and oxygen atoms in total. The van der Waals surface area contributed by atoms with Crippen LogP contribution in [0.25, 0.3) is 0 Å². The van der Waals surface area contributed by atoms with Gasteiger partial charge in [-0.1, -0.05) is 6.07 Å². The zero-order valence-corrected chi connectivity index (χ0v) is 11.7. The number of nitrogens with two attached hydrogens (primary N) is 1. The van der Waals surface area contributed by atoms with Crippen LogP contribution in [0, 0.1) is 5.82 Å². The molecule has 0 radical (unpaired) electrons. The molecule has 19 heavy (non-hydrogen) atoms. The van der Waals surface area contributed by atoms with E-state index in [9.17, 15) is 4.39 Å². The van der Waals surface area contributed by atoms with Crippen molar-refractivity contribution < 1.29 is 4.39 Å². The molecular formula is C14H23FN4. The fraction of sp³-hybridized carbons (Fsp3) is 0.500. The Morgan fingerprint density at radius 1 is 1.37 bits per heavy atom. The molecule has 106 valence electrons. The monoisotopic (exact) mass is 266 g/mol. The van der Waals surface area contributed by atoms with Crippen molar-refractivity contribution in [2.24, 2.45) is 10.7 Å². The Hall–Kier alpha value is -1.78. The number of halogens is 1. The van der Waals surface area contributed by atoms with Crippen molar-refractivity contribution in [3.8, 4) is 0 Å². The summed E-state index contributed by atoms with van der Waals surface area (Å²) in [5.74, 6) is 0.365. The van der Waals surface area contributed by atoms with Gasteiger partial charge in [0.05, 0.1) is 0 Å². The third kappa shape index (κ3) is 5.59. The summed E-state index contributed by atoms with van der Waals surface area (Å²) in [4.78, 5) is 6.34. The summed E-state index contributed by atoms with van der Waals surface area (Å²) in [5, 5.41) is 3.15. The summed E-state index contributed by atoms with van der Waals surface area (Å²) < 4.78 is 12.9. The Labute approximate surface area is 114 Å². The summed E-state index contributed by atoms with van der Waals surface area (Å²) in [6, 6.07) is 6.44. The van der Waals surface area contributed by atoms with Gasteiger partial charge in [-0.25, -0.2) is 4.39 Å². The highest BCUT2D eigenvalue weighted by Crippen LogP contribution is 2.08. The van der Waals surface area contributed by atoms with Gasteiger partial charge in [-0.05, 0) is 38.5 Å². The van der Waals surface area contributed by atoms with Crippen LogP contribution >= 0.6 is 0 Å². The lowest BCUT2D eigenvalue weighted by Gasteiger charge is -2.19. The molecule has 1 aromatic rings. The van der Waals surface area contributed by atoms with Crippen molar-refractivity contribution in [3.05, 3.63) is 30.1 Å². The van der Waals surface area contributed by atoms with Gasteiger partial charge in [0.2, 0.25) is 0 Å². The van der Waals surface area contributed by atoms with Crippen LogP contribution in [0.2, 0.25) is 0 Å². The fourth-order valence-electron chi connectivity index (χ4n) is 1.75. The molecule has 0 fully saturated rings. The number of benzene rings is 1. The standard InChI is InChI=1S/C14H23FN4/c1-3-19(4-2)14(16)18-10-6-9-17-13-8-5-7-12(15)11-13/h5,7-8,11,17H,3-4,6,9-10H2,1-2H3,(H2,16,18). The van der Waals surface area contributed by atoms with E-state index in [2.05, 4.69) is 24.2 Å². The molecule has 0 unspecified atom stereocenters. The predicted octanol–water partition coefficient (Wildman–Crippen LogP) is 2.28. The Morgan fingerprint density at radius 2 is 2.11 bits per heavy atom. The molecule has 0 aliphatic carbocycles. The number of rotatable bonds is 7. The fourth-order valence-corrected chi connectivity index (χ4v) is 1.75. The average Bonchev–Trinajstić information content (AvgIpc) is 2.40. The molecule has 0 spiro atoms. The zero-order valence-electron chi connectivity index (χ0n) is 11.7. The minimum Gasteiger partial charge on any atom is -0.385 e. The smallest absolute Gasteiger partial charge is 0.191 e. The number of anilines is 1. The SMILES string of the molecule is CCN(CC)C(N)=NCCCNc1cccc(F)c1. The van der Waals surface area contributed by atoms with Gasteiger partial charge >= 0.3 is 0 Å². The first-order chi connectivity index (χ1) is 9.17. The number of hydrogen-bond donors (Lipinski definition) is 2. The molecule has 0 bridgehead atoms. The maximum atomic E-state index is 12.9. The van der Waals surface area contributed by atoms with Gasteiger partial charge in [0.15, 0.2) is 5.96 Å². The van der Waals surface area contributed by atoms with Gasteiger partial charge in [0.25, 0.3) is 0 Å². The van der Waals surface area contributed by atoms with E-state index in [-0.39, 0.29) is 5.82 Å². The normalized spacial score (nSPS) is 11.4. The number of guanidine groups is 1. The predicted molar refractivity (Wildman–Crippen MR) is 78.9 cm³/mol. The highest BCUT2D eigenvalue weighted by molar-refractivity contribution is 5.77. The minimum absolute atomic E-state index is 0.228. The second-order valence-electron chi connectivity index (χ2n) is 4.20. The minimum atomic E-state index is -0.228. The van der Waals surface area contributed by atoms with E-state index in [0.29, 0.717) is 12.5 Å². The van der Waals surface area contributed by atoms with Crippen LogP contribution in [0.1, 0.15) is 20.3 Å². The van der Waals surface area contributed by atoms with E-state index in [1.165, 1.54) is 12.1 Å². The summed E-state index contributed by atoms with van der Waals surface area (Å²) in [5.41, 5.74) is 6.65. The Morgan fingerprint density at radius 3 is 2.74 bits per heavy atom. The van der Waals surface area contributed by atoms with Gasteiger partial charge in [-0.15, -0.1) is 0 Å². The van der Waals surface area contributed by atoms with E-state index in [1.807, 2.05) is 11.0 Å². The van der Waals surface area contributed by atoms with E-state index >= 15 is 0 Å². The van der Waals surface area contributed by atoms with Crippen molar-refractivity contribution in [1.29, 1.82) is 0 Å². The van der Waals surface area contributed by atoms with Gasteiger partial charge in [-0.2, -0.15) is 0 Å². The van der Waals surface area contributed by atoms with Crippen LogP contribution in [0.3, 0.4) is 0 Å². The van der Waals surface area contributed by atoms with Crippen molar-refractivity contribution in [2.45, 2.75) is 20.3 Å². The van der Waals surface area contributed by atoms with Crippen LogP contribution in [0.15, 0.2) is 29.3 Å². The van der Waals surface area contributed by atoms with Crippen molar-refractivity contribution >= 4 is 11.6 Å². The molecule has 3 N–H and O–H groups in total. The number of nitrogens with zero attached hydrogens (tertiary/aromatic N) is 2. The van der Waals surface area contributed by atoms with Crippen molar-refractivity contribution in [1.82, 2.24) is 4.90 Å². The van der Waals surface area contributed by atoms with Crippen LogP contribution in [0.5, 0.6) is 0 Å². The van der Waals surface area contributed by atoms with Gasteiger partial charge < -0.3 is 16.0 Å². The second-order valence-corrected chi connectivity index (χ2v) is 4.20. The van der Waals surface area contributed by atoms with Crippen molar-refractivity contribution in [3.63, 3.8) is 0 Å². The van der Waals surface area contributed by atoms with E-state index in [0.717, 1.165) is 31.7 Å². The second kappa shape index (κ2) is 8.34. The molecule has 0 aliphatic rings. The summed E-state index contributed by atoms with van der Waals surface area (Å²) in [7, 11) is 0. The van der Waals surface area contributed by atoms with Gasteiger partial charge in [0.1, 0.15) is 5.82 Å². The Kier molecular flexibility index (Phi) is 6.71. The summed E-state index contributed by atoms with van der Waals surface area (Å²) >= 11 is 0. The van der Waals surface area contributed by atoms with Crippen LogP contribution in [-0.4, -0.2) is 37.0 Å². The highest BCUT2D eigenvalue weighted by Gasteiger charge is 2.00. The quantitative estimate of drug-likeness (QED) is 0.452. The maximum absolute atomic E-state index is 12.9. The van der Waals surface area contributed by atoms with Crippen LogP contribution in [-0.2, 0) is 0 Å². The molecular weight excluding hydrogens is 243 g/mol. The largest absolute Gasteiger partial charge is 0.385 e. The topological polar surface area (TPSA) is 53.6 Å². The first-order valence-electron chi connectivity index (χ1n) is 6.71. The maximum Gasteiger partial charge on any atom is 0.191 e. The third-order valence-electron chi connectivity index (χ3n) is 2.85. The molecule has 0 saturated heterocycles. The third-order valence-corrected chi connectivity index (χ3v) is 2.85. The molecule has 0 heterocycles. The highest BCUT2D eigenvalue weighted by atomic mass is 19.1. The van der Waals surface area contributed by atoms with E-state index in [1.54, 1.807) is 6.07 Å². The van der Waals surface area contributed by atoms with Crippen LogP contribution < -0.4 is 11.1 Å². The zero-order chi connectivity index (χ0) is 14.1. The molecule has 5 heteroatoms. The Balaban J connectivity index is 2.26. The summed E-state index contributed by atoms with van der Waals surface area (Å²) in [6.45, 7) is 7.26. The molecule has 0 atom stereocenters. The van der Waals surface area contributed by atoms with Crippen LogP contribution in [0.4, 0.5) is 10.1 Å².